The maximum absolute atomic E-state index is 12.9. The van der Waals surface area contributed by atoms with Gasteiger partial charge in [0.2, 0.25) is 0 Å². The molecule has 2 N–H and O–H groups in total. The highest BCUT2D eigenvalue weighted by Gasteiger charge is 2.08. The summed E-state index contributed by atoms with van der Waals surface area (Å²) >= 11 is 12.1. The summed E-state index contributed by atoms with van der Waals surface area (Å²) in [6.45, 7) is 2.10. The lowest BCUT2D eigenvalue weighted by atomic mass is 10.1. The van der Waals surface area contributed by atoms with E-state index in [2.05, 4.69) is 0 Å². The van der Waals surface area contributed by atoms with Gasteiger partial charge in [-0.2, -0.15) is 0 Å². The molecule has 2 aromatic rings. The van der Waals surface area contributed by atoms with E-state index in [1.54, 1.807) is 18.2 Å². The zero-order valence-electron chi connectivity index (χ0n) is 10.9. The number of halogens is 3. The van der Waals surface area contributed by atoms with Crippen LogP contribution in [0.25, 0.3) is 0 Å². The van der Waals surface area contributed by atoms with Gasteiger partial charge in [0.15, 0.2) is 0 Å². The Morgan fingerprint density at radius 3 is 2.50 bits per heavy atom. The van der Waals surface area contributed by atoms with Gasteiger partial charge < -0.3 is 10.5 Å². The van der Waals surface area contributed by atoms with Gasteiger partial charge in [-0.3, -0.25) is 0 Å². The summed E-state index contributed by atoms with van der Waals surface area (Å²) in [5, 5.41) is 0.811. The van der Waals surface area contributed by atoms with Gasteiger partial charge in [-0.25, -0.2) is 4.39 Å². The Balaban J connectivity index is 2.11. The van der Waals surface area contributed by atoms with E-state index in [1.165, 1.54) is 12.1 Å². The number of ether oxygens (including phenoxy) is 1. The molecule has 0 saturated carbocycles. The highest BCUT2D eigenvalue weighted by atomic mass is 35.5. The molecular formula is C15H14Cl2FNO. The summed E-state index contributed by atoms with van der Waals surface area (Å²) < 4.78 is 18.5. The first-order valence-corrected chi connectivity index (χ1v) is 6.84. The van der Waals surface area contributed by atoms with Crippen LogP contribution in [0.5, 0.6) is 5.75 Å². The quantitative estimate of drug-likeness (QED) is 0.885. The summed E-state index contributed by atoms with van der Waals surface area (Å²) in [6.07, 6.45) is 0. The van der Waals surface area contributed by atoms with Gasteiger partial charge in [-0.15, -0.1) is 0 Å². The molecule has 0 bridgehead atoms. The smallest absolute Gasteiger partial charge is 0.138 e. The van der Waals surface area contributed by atoms with Crippen LogP contribution in [0.4, 0.5) is 4.39 Å². The highest BCUT2D eigenvalue weighted by molar-refractivity contribution is 6.32. The lowest BCUT2D eigenvalue weighted by Gasteiger charge is -2.12. The van der Waals surface area contributed by atoms with E-state index in [-0.39, 0.29) is 18.5 Å². The molecule has 0 amide bonds. The summed E-state index contributed by atoms with van der Waals surface area (Å²) in [5.74, 6) is 0.162. The topological polar surface area (TPSA) is 35.2 Å². The zero-order chi connectivity index (χ0) is 14.7. The Labute approximate surface area is 127 Å². The van der Waals surface area contributed by atoms with Crippen molar-refractivity contribution in [2.24, 2.45) is 5.73 Å². The molecule has 0 heterocycles. The summed E-state index contributed by atoms with van der Waals surface area (Å²) in [4.78, 5) is 0. The minimum Gasteiger partial charge on any atom is -0.487 e. The minimum atomic E-state index is -0.377. The van der Waals surface area contributed by atoms with Gasteiger partial charge in [0.25, 0.3) is 0 Å². The van der Waals surface area contributed by atoms with Crippen molar-refractivity contribution in [2.75, 3.05) is 0 Å². The molecule has 0 fully saturated rings. The zero-order valence-corrected chi connectivity index (χ0v) is 12.4. The molecule has 0 unspecified atom stereocenters. The van der Waals surface area contributed by atoms with Crippen molar-refractivity contribution in [1.29, 1.82) is 0 Å². The number of hydrogen-bond acceptors (Lipinski definition) is 2. The van der Waals surface area contributed by atoms with E-state index in [1.807, 2.05) is 13.0 Å². The summed E-state index contributed by atoms with van der Waals surface area (Å²) in [7, 11) is 0. The molecule has 0 radical (unpaired) electrons. The molecular weight excluding hydrogens is 300 g/mol. The molecule has 2 rings (SSSR count). The Hall–Kier alpha value is -1.29. The number of benzene rings is 2. The number of hydrogen-bond donors (Lipinski definition) is 1. The largest absolute Gasteiger partial charge is 0.487 e. The Kier molecular flexibility index (Phi) is 4.86. The lowest BCUT2D eigenvalue weighted by Crippen LogP contribution is -2.05. The maximum Gasteiger partial charge on any atom is 0.138 e. The standard InChI is InChI=1S/C15H14Cl2FNO/c1-9(19)10-3-5-15(14(17)6-10)20-8-11-2-4-12(18)7-13(11)16/h2-7,9H,8,19H2,1H3/t9-/m1/s1. The molecule has 0 aromatic heterocycles. The second-order valence-corrected chi connectivity index (χ2v) is 5.32. The molecule has 2 aromatic carbocycles. The van der Waals surface area contributed by atoms with E-state index in [4.69, 9.17) is 33.7 Å². The van der Waals surface area contributed by atoms with E-state index in [0.29, 0.717) is 21.4 Å². The van der Waals surface area contributed by atoms with Crippen molar-refractivity contribution in [1.82, 2.24) is 0 Å². The van der Waals surface area contributed by atoms with E-state index in [9.17, 15) is 4.39 Å². The van der Waals surface area contributed by atoms with E-state index < -0.39 is 0 Å². The molecule has 20 heavy (non-hydrogen) atoms. The summed E-state index contributed by atoms with van der Waals surface area (Å²) in [6, 6.07) is 9.48. The van der Waals surface area contributed by atoms with Gasteiger partial charge in [-0.1, -0.05) is 35.3 Å². The lowest BCUT2D eigenvalue weighted by molar-refractivity contribution is 0.306. The monoisotopic (exact) mass is 313 g/mol. The maximum atomic E-state index is 12.9. The van der Waals surface area contributed by atoms with Crippen molar-refractivity contribution >= 4 is 23.2 Å². The molecule has 106 valence electrons. The van der Waals surface area contributed by atoms with Crippen LogP contribution in [0.3, 0.4) is 0 Å². The molecule has 0 aliphatic heterocycles. The van der Waals surface area contributed by atoms with Gasteiger partial charge in [0, 0.05) is 11.6 Å². The molecule has 2 nitrogen and oxygen atoms in total. The van der Waals surface area contributed by atoms with Crippen LogP contribution in [0.15, 0.2) is 36.4 Å². The fourth-order valence-electron chi connectivity index (χ4n) is 1.71. The van der Waals surface area contributed by atoms with Gasteiger partial charge in [0.1, 0.15) is 18.2 Å². The minimum absolute atomic E-state index is 0.0897. The molecule has 5 heteroatoms. The average Bonchev–Trinajstić information content (AvgIpc) is 2.38. The highest BCUT2D eigenvalue weighted by Crippen LogP contribution is 2.29. The average molecular weight is 314 g/mol. The Morgan fingerprint density at radius 1 is 1.15 bits per heavy atom. The van der Waals surface area contributed by atoms with Gasteiger partial charge in [-0.05, 0) is 36.8 Å². The second-order valence-electron chi connectivity index (χ2n) is 4.50. The van der Waals surface area contributed by atoms with Crippen LogP contribution >= 0.6 is 23.2 Å². The molecule has 0 aliphatic rings. The summed E-state index contributed by atoms with van der Waals surface area (Å²) in [5.41, 5.74) is 7.41. The van der Waals surface area contributed by atoms with Crippen molar-refractivity contribution in [3.63, 3.8) is 0 Å². The first-order chi connectivity index (χ1) is 9.47. The normalized spacial score (nSPS) is 12.2. The molecule has 0 aliphatic carbocycles. The third-order valence-corrected chi connectivity index (χ3v) is 3.53. The van der Waals surface area contributed by atoms with Crippen LogP contribution in [-0.2, 0) is 6.61 Å². The predicted octanol–water partition coefficient (Wildman–Crippen LogP) is 4.73. The second kappa shape index (κ2) is 6.44. The van der Waals surface area contributed by atoms with Gasteiger partial charge >= 0.3 is 0 Å². The third-order valence-electron chi connectivity index (χ3n) is 2.88. The van der Waals surface area contributed by atoms with Crippen LogP contribution in [0.1, 0.15) is 24.1 Å². The van der Waals surface area contributed by atoms with Crippen LogP contribution in [-0.4, -0.2) is 0 Å². The molecule has 0 spiro atoms. The van der Waals surface area contributed by atoms with Crippen LogP contribution in [0, 0.1) is 5.82 Å². The fourth-order valence-corrected chi connectivity index (χ4v) is 2.18. The third kappa shape index (κ3) is 3.63. The number of rotatable bonds is 4. The number of nitrogens with two attached hydrogens (primary N) is 1. The molecule has 1 atom stereocenters. The van der Waals surface area contributed by atoms with Crippen LogP contribution in [0.2, 0.25) is 10.0 Å². The van der Waals surface area contributed by atoms with Crippen LogP contribution < -0.4 is 10.5 Å². The SMILES string of the molecule is C[C@@H](N)c1ccc(OCc2ccc(F)cc2Cl)c(Cl)c1. The van der Waals surface area contributed by atoms with Crippen molar-refractivity contribution in [3.8, 4) is 5.75 Å². The van der Waals surface area contributed by atoms with E-state index in [0.717, 1.165) is 5.56 Å². The van der Waals surface area contributed by atoms with Gasteiger partial charge in [0.05, 0.1) is 10.0 Å². The van der Waals surface area contributed by atoms with Crippen molar-refractivity contribution in [2.45, 2.75) is 19.6 Å². The fraction of sp³-hybridized carbons (Fsp3) is 0.200. The first kappa shape index (κ1) is 15.1. The first-order valence-electron chi connectivity index (χ1n) is 6.09. The Bertz CT molecular complexity index is 617. The van der Waals surface area contributed by atoms with E-state index >= 15 is 0 Å². The molecule has 0 saturated heterocycles. The Morgan fingerprint density at radius 2 is 1.90 bits per heavy atom. The predicted molar refractivity (Wildman–Crippen MR) is 79.8 cm³/mol. The van der Waals surface area contributed by atoms with Crippen molar-refractivity contribution < 1.29 is 9.13 Å². The van der Waals surface area contributed by atoms with Crippen molar-refractivity contribution in [3.05, 3.63) is 63.4 Å².